The van der Waals surface area contributed by atoms with Crippen LogP contribution in [0.3, 0.4) is 0 Å². The maximum atomic E-state index is 13.6. The Bertz CT molecular complexity index is 1190. The van der Waals surface area contributed by atoms with Crippen LogP contribution in [0.5, 0.6) is 0 Å². The van der Waals surface area contributed by atoms with Crippen LogP contribution < -0.4 is 4.90 Å². The third kappa shape index (κ3) is 4.31. The van der Waals surface area contributed by atoms with Crippen LogP contribution >= 0.6 is 0 Å². The van der Waals surface area contributed by atoms with E-state index in [1.165, 1.54) is 0 Å². The predicted molar refractivity (Wildman–Crippen MR) is 133 cm³/mol. The molecule has 7 nitrogen and oxygen atoms in total. The summed E-state index contributed by atoms with van der Waals surface area (Å²) in [5, 5.41) is 11.7. The van der Waals surface area contributed by atoms with Crippen molar-refractivity contribution < 1.29 is 19.1 Å². The average Bonchev–Trinajstić information content (AvgIpc) is 3.39. The van der Waals surface area contributed by atoms with Crippen molar-refractivity contribution in [2.75, 3.05) is 45.2 Å². The molecule has 2 aromatic carbocycles. The molecule has 0 bridgehead atoms. The van der Waals surface area contributed by atoms with Gasteiger partial charge in [-0.1, -0.05) is 44.2 Å². The minimum atomic E-state index is -0.694. The lowest BCUT2D eigenvalue weighted by molar-refractivity contribution is -0.129. The van der Waals surface area contributed by atoms with E-state index in [0.717, 1.165) is 29.7 Å². The van der Waals surface area contributed by atoms with E-state index in [9.17, 15) is 14.7 Å². The molecule has 1 aliphatic rings. The van der Waals surface area contributed by atoms with E-state index in [1.807, 2.05) is 61.5 Å². The first-order chi connectivity index (χ1) is 16.3. The first-order valence-electron chi connectivity index (χ1n) is 11.6. The molecule has 1 aromatic heterocycles. The second kappa shape index (κ2) is 9.73. The summed E-state index contributed by atoms with van der Waals surface area (Å²) in [4.78, 5) is 32.6. The number of aliphatic hydroxyl groups excluding tert-OH is 1. The molecule has 4 rings (SSSR count). The predicted octanol–water partition coefficient (Wildman–Crippen LogP) is 4.42. The normalized spacial score (nSPS) is 16.2. The van der Waals surface area contributed by atoms with Crippen molar-refractivity contribution >= 4 is 28.3 Å². The second-order valence-electron chi connectivity index (χ2n) is 8.65. The largest absolute Gasteiger partial charge is 0.503 e. The Kier molecular flexibility index (Phi) is 6.75. The zero-order chi connectivity index (χ0) is 24.4. The van der Waals surface area contributed by atoms with E-state index in [1.54, 1.807) is 17.0 Å². The van der Waals surface area contributed by atoms with Crippen LogP contribution in [0.4, 0.5) is 5.69 Å². The Morgan fingerprint density at radius 1 is 1.06 bits per heavy atom. The highest BCUT2D eigenvalue weighted by atomic mass is 16.3. The number of amides is 1. The van der Waals surface area contributed by atoms with Gasteiger partial charge in [-0.3, -0.25) is 9.59 Å². The Labute approximate surface area is 199 Å². The van der Waals surface area contributed by atoms with Crippen LogP contribution in [0.2, 0.25) is 0 Å². The summed E-state index contributed by atoms with van der Waals surface area (Å²) in [7, 11) is 3.90. The summed E-state index contributed by atoms with van der Waals surface area (Å²) in [5.74, 6) is -1.41. The molecular formula is C27H31N3O4. The number of hydrogen-bond acceptors (Lipinski definition) is 6. The van der Waals surface area contributed by atoms with E-state index in [-0.39, 0.29) is 11.3 Å². The van der Waals surface area contributed by atoms with E-state index >= 15 is 0 Å². The van der Waals surface area contributed by atoms with Crippen molar-refractivity contribution in [3.63, 3.8) is 0 Å². The molecule has 1 aliphatic heterocycles. The molecule has 2 heterocycles. The smallest absolute Gasteiger partial charge is 0.290 e. The van der Waals surface area contributed by atoms with Gasteiger partial charge in [0, 0.05) is 38.3 Å². The van der Waals surface area contributed by atoms with Crippen LogP contribution in [0, 0.1) is 0 Å². The lowest BCUT2D eigenvalue weighted by atomic mass is 9.94. The number of fused-ring (bicyclic) bond motifs is 1. The molecule has 7 heteroatoms. The third-order valence-corrected chi connectivity index (χ3v) is 6.47. The quantitative estimate of drug-likeness (QED) is 0.476. The molecule has 1 amide bonds. The summed E-state index contributed by atoms with van der Waals surface area (Å²) < 4.78 is 5.79. The minimum absolute atomic E-state index is 0.0567. The molecule has 1 unspecified atom stereocenters. The number of Topliss-reactive ketones (excluding diaryl/α,β-unsaturated/α-hetero) is 1. The average molecular weight is 462 g/mol. The van der Waals surface area contributed by atoms with Crippen molar-refractivity contribution in [1.82, 2.24) is 9.80 Å². The molecular weight excluding hydrogens is 430 g/mol. The molecule has 1 N–H and O–H groups in total. The van der Waals surface area contributed by atoms with Crippen LogP contribution in [0.15, 0.2) is 70.3 Å². The first kappa shape index (κ1) is 23.6. The minimum Gasteiger partial charge on any atom is -0.503 e. The van der Waals surface area contributed by atoms with Crippen LogP contribution in [0.1, 0.15) is 36.0 Å². The number of likely N-dealkylation sites (N-methyl/N-ethyl adjacent to an activating group) is 1. The highest BCUT2D eigenvalue weighted by Gasteiger charge is 2.44. The molecule has 1 atom stereocenters. The van der Waals surface area contributed by atoms with Gasteiger partial charge in [0.15, 0.2) is 11.5 Å². The zero-order valence-corrected chi connectivity index (χ0v) is 20.1. The Morgan fingerprint density at radius 3 is 2.35 bits per heavy atom. The van der Waals surface area contributed by atoms with Crippen molar-refractivity contribution in [2.45, 2.75) is 19.9 Å². The highest BCUT2D eigenvalue weighted by molar-refractivity contribution is 6.16. The number of rotatable bonds is 9. The zero-order valence-electron chi connectivity index (χ0n) is 20.1. The standard InChI is InChI=1S/C27H31N3O4/c1-5-29(6-2)15-16-30-24(18-11-13-20(14-12-18)28(3)4)23(26(32)27(30)33)25(31)22-17-19-9-7-8-10-21(19)34-22/h7-14,17,24,32H,5-6,15-16H2,1-4H3. The molecule has 0 radical (unpaired) electrons. The molecule has 0 aliphatic carbocycles. The van der Waals surface area contributed by atoms with E-state index in [2.05, 4.69) is 18.7 Å². The van der Waals surface area contributed by atoms with Crippen molar-refractivity contribution in [1.29, 1.82) is 0 Å². The lowest BCUT2D eigenvalue weighted by Crippen LogP contribution is -2.38. The topological polar surface area (TPSA) is 77.2 Å². The molecule has 0 saturated heterocycles. The third-order valence-electron chi connectivity index (χ3n) is 6.47. The number of para-hydroxylation sites is 1. The molecule has 3 aromatic rings. The van der Waals surface area contributed by atoms with Gasteiger partial charge in [0.2, 0.25) is 5.78 Å². The van der Waals surface area contributed by atoms with Gasteiger partial charge < -0.3 is 24.2 Å². The fourth-order valence-electron chi connectivity index (χ4n) is 4.43. The van der Waals surface area contributed by atoms with Gasteiger partial charge in [0.05, 0.1) is 11.6 Å². The number of carbonyl (C=O) groups is 2. The van der Waals surface area contributed by atoms with Gasteiger partial charge in [-0.25, -0.2) is 0 Å². The van der Waals surface area contributed by atoms with E-state index in [0.29, 0.717) is 18.7 Å². The van der Waals surface area contributed by atoms with E-state index in [4.69, 9.17) is 4.42 Å². The monoisotopic (exact) mass is 461 g/mol. The van der Waals surface area contributed by atoms with Gasteiger partial charge in [-0.15, -0.1) is 0 Å². The van der Waals surface area contributed by atoms with Crippen molar-refractivity contribution in [3.8, 4) is 0 Å². The molecule has 0 fully saturated rings. The number of anilines is 1. The number of carbonyl (C=O) groups excluding carboxylic acids is 2. The van der Waals surface area contributed by atoms with Gasteiger partial charge in [0.1, 0.15) is 5.58 Å². The maximum absolute atomic E-state index is 13.6. The Hall–Kier alpha value is -3.58. The maximum Gasteiger partial charge on any atom is 0.290 e. The number of ketones is 1. The van der Waals surface area contributed by atoms with Crippen molar-refractivity contribution in [2.24, 2.45) is 0 Å². The summed E-state index contributed by atoms with van der Waals surface area (Å²) >= 11 is 0. The SMILES string of the molecule is CCN(CC)CCN1C(=O)C(O)=C(C(=O)c2cc3ccccc3o2)C1c1ccc(N(C)C)cc1. The summed E-state index contributed by atoms with van der Waals surface area (Å²) in [6, 6.07) is 16.0. The molecule has 0 spiro atoms. The van der Waals surface area contributed by atoms with Gasteiger partial charge in [0.25, 0.3) is 5.91 Å². The number of hydrogen-bond donors (Lipinski definition) is 1. The summed E-state index contributed by atoms with van der Waals surface area (Å²) in [5.41, 5.74) is 2.41. The van der Waals surface area contributed by atoms with Gasteiger partial charge in [-0.2, -0.15) is 0 Å². The van der Waals surface area contributed by atoms with E-state index < -0.39 is 23.5 Å². The summed E-state index contributed by atoms with van der Waals surface area (Å²) in [6.07, 6.45) is 0. The Balaban J connectivity index is 1.75. The molecule has 0 saturated carbocycles. The molecule has 178 valence electrons. The lowest BCUT2D eigenvalue weighted by Gasteiger charge is -2.29. The number of nitrogens with zero attached hydrogens (tertiary/aromatic N) is 3. The highest BCUT2D eigenvalue weighted by Crippen LogP contribution is 2.40. The number of benzene rings is 2. The van der Waals surface area contributed by atoms with Crippen LogP contribution in [-0.4, -0.2) is 66.9 Å². The van der Waals surface area contributed by atoms with Gasteiger partial charge in [-0.05, 0) is 42.9 Å². The van der Waals surface area contributed by atoms with Gasteiger partial charge >= 0.3 is 0 Å². The van der Waals surface area contributed by atoms with Crippen molar-refractivity contribution in [3.05, 3.63) is 77.3 Å². The second-order valence-corrected chi connectivity index (χ2v) is 8.65. The van der Waals surface area contributed by atoms with Crippen LogP contribution in [0.25, 0.3) is 11.0 Å². The number of aliphatic hydroxyl groups is 1. The number of furan rings is 1. The Morgan fingerprint density at radius 2 is 1.74 bits per heavy atom. The van der Waals surface area contributed by atoms with Crippen LogP contribution in [-0.2, 0) is 4.79 Å². The first-order valence-corrected chi connectivity index (χ1v) is 11.6. The summed E-state index contributed by atoms with van der Waals surface area (Å²) in [6.45, 7) is 6.87. The fourth-order valence-corrected chi connectivity index (χ4v) is 4.43. The fraction of sp³-hybridized carbons (Fsp3) is 0.333. The molecule has 34 heavy (non-hydrogen) atoms.